The van der Waals surface area contributed by atoms with Crippen LogP contribution in [0.2, 0.25) is 0 Å². The Bertz CT molecular complexity index is 1180. The number of carboxylic acid groups (broad SMARTS) is 1. The summed E-state index contributed by atoms with van der Waals surface area (Å²) in [4.78, 5) is 21.9. The number of ether oxygens (including phenoxy) is 1. The van der Waals surface area contributed by atoms with Gasteiger partial charge in [0.1, 0.15) is 5.75 Å². The summed E-state index contributed by atoms with van der Waals surface area (Å²) in [5.74, 6) is 0.470. The Labute approximate surface area is 200 Å². The maximum Gasteiger partial charge on any atom is 0.347 e. The van der Waals surface area contributed by atoms with Crippen LogP contribution in [0.25, 0.3) is 11.0 Å². The summed E-state index contributed by atoms with van der Waals surface area (Å²) < 4.78 is 5.60. The zero-order chi connectivity index (χ0) is 24.0. The number of rotatable bonds is 11. The number of hydrogen-bond acceptors (Lipinski definition) is 4. The third-order valence-corrected chi connectivity index (χ3v) is 5.89. The number of imidazole rings is 1. The van der Waals surface area contributed by atoms with E-state index in [0.29, 0.717) is 5.75 Å². The van der Waals surface area contributed by atoms with Gasteiger partial charge in [-0.3, -0.25) is 0 Å². The van der Waals surface area contributed by atoms with E-state index in [0.717, 1.165) is 49.3 Å². The van der Waals surface area contributed by atoms with Crippen LogP contribution in [0, 0.1) is 0 Å². The van der Waals surface area contributed by atoms with Crippen molar-refractivity contribution in [1.82, 2.24) is 9.97 Å². The number of aryl methyl sites for hydroxylation is 1. The number of fused-ring (bicyclic) bond motifs is 1. The molecule has 3 aromatic carbocycles. The first-order valence-corrected chi connectivity index (χ1v) is 11.7. The van der Waals surface area contributed by atoms with Crippen LogP contribution < -0.4 is 9.64 Å². The van der Waals surface area contributed by atoms with Gasteiger partial charge in [0, 0.05) is 13.1 Å². The number of aromatic amines is 1. The molecule has 176 valence electrons. The second kappa shape index (κ2) is 10.4. The molecular weight excluding hydrogens is 426 g/mol. The van der Waals surface area contributed by atoms with Crippen molar-refractivity contribution in [2.75, 3.05) is 18.0 Å². The van der Waals surface area contributed by atoms with Crippen LogP contribution in [0.15, 0.2) is 78.9 Å². The zero-order valence-corrected chi connectivity index (χ0v) is 19.7. The number of nitrogens with one attached hydrogen (secondary N) is 1. The number of nitrogens with zero attached hydrogens (tertiary/aromatic N) is 2. The Kier molecular flexibility index (Phi) is 7.16. The molecule has 34 heavy (non-hydrogen) atoms. The number of anilines is 1. The molecule has 0 radical (unpaired) electrons. The summed E-state index contributed by atoms with van der Waals surface area (Å²) in [5.41, 5.74) is 3.26. The van der Waals surface area contributed by atoms with E-state index in [2.05, 4.69) is 40.2 Å². The van der Waals surface area contributed by atoms with Crippen molar-refractivity contribution in [3.05, 3.63) is 90.0 Å². The van der Waals surface area contributed by atoms with Gasteiger partial charge in [0.15, 0.2) is 5.60 Å². The quantitative estimate of drug-likeness (QED) is 0.312. The molecule has 0 aliphatic carbocycles. The summed E-state index contributed by atoms with van der Waals surface area (Å²) in [6.45, 7) is 4.84. The fraction of sp³-hybridized carbons (Fsp3) is 0.286. The highest BCUT2D eigenvalue weighted by Gasteiger charge is 2.29. The van der Waals surface area contributed by atoms with E-state index < -0.39 is 11.6 Å². The molecule has 4 rings (SSSR count). The first kappa shape index (κ1) is 23.4. The van der Waals surface area contributed by atoms with Gasteiger partial charge in [-0.15, -0.1) is 0 Å². The predicted octanol–water partition coefficient (Wildman–Crippen LogP) is 5.49. The maximum atomic E-state index is 11.3. The number of carboxylic acids is 1. The van der Waals surface area contributed by atoms with Gasteiger partial charge in [-0.25, -0.2) is 9.78 Å². The first-order chi connectivity index (χ1) is 16.4. The number of carbonyl (C=O) groups is 1. The SMILES string of the molecule is CC(C)(Oc1ccc(CCCN(CCc2ccccc2)c2nc3ccccc3[nH]2)cc1)C(=O)O. The van der Waals surface area contributed by atoms with Crippen molar-refractivity contribution in [2.45, 2.75) is 38.7 Å². The molecule has 0 fully saturated rings. The Morgan fingerprint density at radius 1 is 0.912 bits per heavy atom. The monoisotopic (exact) mass is 457 g/mol. The van der Waals surface area contributed by atoms with E-state index in [1.54, 1.807) is 13.8 Å². The normalized spacial score (nSPS) is 11.5. The molecule has 0 bridgehead atoms. The number of aliphatic carboxylic acids is 1. The minimum atomic E-state index is -1.26. The van der Waals surface area contributed by atoms with Crippen molar-refractivity contribution in [3.8, 4) is 5.75 Å². The lowest BCUT2D eigenvalue weighted by Crippen LogP contribution is -2.37. The summed E-state index contributed by atoms with van der Waals surface area (Å²) in [7, 11) is 0. The smallest absolute Gasteiger partial charge is 0.347 e. The van der Waals surface area contributed by atoms with Crippen LogP contribution in [0.5, 0.6) is 5.75 Å². The van der Waals surface area contributed by atoms with Crippen LogP contribution in [-0.2, 0) is 17.6 Å². The lowest BCUT2D eigenvalue weighted by Gasteiger charge is -2.22. The number of H-pyrrole nitrogens is 1. The van der Waals surface area contributed by atoms with Crippen molar-refractivity contribution in [2.24, 2.45) is 0 Å². The highest BCUT2D eigenvalue weighted by molar-refractivity contribution is 5.77. The predicted molar refractivity (Wildman–Crippen MR) is 136 cm³/mol. The van der Waals surface area contributed by atoms with Crippen LogP contribution in [0.1, 0.15) is 31.4 Å². The lowest BCUT2D eigenvalue weighted by atomic mass is 10.1. The Hall–Kier alpha value is -3.80. The van der Waals surface area contributed by atoms with Crippen LogP contribution >= 0.6 is 0 Å². The van der Waals surface area contributed by atoms with Gasteiger partial charge in [-0.05, 0) is 68.5 Å². The molecule has 2 N–H and O–H groups in total. The summed E-state index contributed by atoms with van der Waals surface area (Å²) in [5, 5.41) is 9.24. The van der Waals surface area contributed by atoms with E-state index in [4.69, 9.17) is 9.72 Å². The number of aromatic nitrogens is 2. The molecular formula is C28H31N3O3. The molecule has 0 spiro atoms. The molecule has 1 heterocycles. The van der Waals surface area contributed by atoms with Crippen molar-refractivity contribution < 1.29 is 14.6 Å². The molecule has 0 aliphatic rings. The number of para-hydroxylation sites is 2. The van der Waals surface area contributed by atoms with Crippen LogP contribution in [-0.4, -0.2) is 39.7 Å². The molecule has 1 aromatic heterocycles. The van der Waals surface area contributed by atoms with Crippen LogP contribution in [0.3, 0.4) is 0 Å². The highest BCUT2D eigenvalue weighted by atomic mass is 16.5. The van der Waals surface area contributed by atoms with Crippen molar-refractivity contribution in [1.29, 1.82) is 0 Å². The van der Waals surface area contributed by atoms with E-state index in [9.17, 15) is 9.90 Å². The largest absolute Gasteiger partial charge is 0.478 e. The molecule has 6 nitrogen and oxygen atoms in total. The molecule has 0 unspecified atom stereocenters. The standard InChI is InChI=1S/C28H31N3O3/c1-28(2,26(32)33)34-23-16-14-22(15-17-23)11-8-19-31(20-18-21-9-4-3-5-10-21)27-29-24-12-6-7-13-25(24)30-27/h3-7,9-10,12-17H,8,11,18-20H2,1-2H3,(H,29,30)(H,32,33). The lowest BCUT2D eigenvalue weighted by molar-refractivity contribution is -0.152. The summed E-state index contributed by atoms with van der Waals surface area (Å²) in [6.07, 6.45) is 2.82. The Morgan fingerprint density at radius 2 is 1.59 bits per heavy atom. The maximum absolute atomic E-state index is 11.3. The van der Waals surface area contributed by atoms with Gasteiger partial charge in [0.2, 0.25) is 5.95 Å². The van der Waals surface area contributed by atoms with Crippen LogP contribution in [0.4, 0.5) is 5.95 Å². The Balaban J connectivity index is 1.39. The highest BCUT2D eigenvalue weighted by Crippen LogP contribution is 2.21. The fourth-order valence-electron chi connectivity index (χ4n) is 3.86. The molecule has 0 saturated carbocycles. The molecule has 0 amide bonds. The summed E-state index contributed by atoms with van der Waals surface area (Å²) in [6, 6.07) is 26.3. The third kappa shape index (κ3) is 5.95. The van der Waals surface area contributed by atoms with Gasteiger partial charge in [-0.1, -0.05) is 54.6 Å². The molecule has 0 aliphatic heterocycles. The molecule has 0 saturated heterocycles. The minimum absolute atomic E-state index is 0.558. The van der Waals surface area contributed by atoms with E-state index in [1.165, 1.54) is 11.1 Å². The second-order valence-corrected chi connectivity index (χ2v) is 8.97. The number of benzene rings is 3. The van der Waals surface area contributed by atoms with E-state index in [-0.39, 0.29) is 0 Å². The minimum Gasteiger partial charge on any atom is -0.478 e. The van der Waals surface area contributed by atoms with Gasteiger partial charge in [-0.2, -0.15) is 0 Å². The van der Waals surface area contributed by atoms with E-state index >= 15 is 0 Å². The van der Waals surface area contributed by atoms with Crippen molar-refractivity contribution in [3.63, 3.8) is 0 Å². The van der Waals surface area contributed by atoms with Gasteiger partial charge < -0.3 is 19.7 Å². The van der Waals surface area contributed by atoms with Gasteiger partial charge in [0.25, 0.3) is 0 Å². The fourth-order valence-corrected chi connectivity index (χ4v) is 3.86. The number of hydrogen-bond donors (Lipinski definition) is 2. The zero-order valence-electron chi connectivity index (χ0n) is 19.7. The topological polar surface area (TPSA) is 78.5 Å². The Morgan fingerprint density at radius 3 is 2.29 bits per heavy atom. The average molecular weight is 458 g/mol. The van der Waals surface area contributed by atoms with E-state index in [1.807, 2.05) is 48.5 Å². The molecule has 4 aromatic rings. The second-order valence-electron chi connectivity index (χ2n) is 8.97. The molecule has 6 heteroatoms. The van der Waals surface area contributed by atoms with Gasteiger partial charge in [0.05, 0.1) is 11.0 Å². The average Bonchev–Trinajstić information content (AvgIpc) is 3.27. The first-order valence-electron chi connectivity index (χ1n) is 11.7. The van der Waals surface area contributed by atoms with Gasteiger partial charge >= 0.3 is 5.97 Å². The summed E-state index contributed by atoms with van der Waals surface area (Å²) >= 11 is 0. The third-order valence-electron chi connectivity index (χ3n) is 5.89. The van der Waals surface area contributed by atoms with Crippen molar-refractivity contribution >= 4 is 23.0 Å². The molecule has 0 atom stereocenters.